The van der Waals surface area contributed by atoms with Gasteiger partial charge in [-0.25, -0.2) is 0 Å². The van der Waals surface area contributed by atoms with Gasteiger partial charge in [0.05, 0.1) is 19.3 Å². The summed E-state index contributed by atoms with van der Waals surface area (Å²) in [6, 6.07) is 3.81. The minimum atomic E-state index is 0.0381. The molecule has 0 bridgehead atoms. The quantitative estimate of drug-likeness (QED) is 0.800. The highest BCUT2D eigenvalue weighted by molar-refractivity contribution is 5.30. The second-order valence-corrected chi connectivity index (χ2v) is 3.52. The second kappa shape index (κ2) is 6.45. The highest BCUT2D eigenvalue weighted by Crippen LogP contribution is 2.25. The average molecular weight is 224 g/mol. The Labute approximate surface area is 97.0 Å². The summed E-state index contributed by atoms with van der Waals surface area (Å²) in [5.74, 6) is 0.786. The van der Waals surface area contributed by atoms with Crippen molar-refractivity contribution in [1.29, 1.82) is 0 Å². The third-order valence-corrected chi connectivity index (χ3v) is 2.52. The molecule has 2 atom stereocenters. The first-order chi connectivity index (χ1) is 7.74. The summed E-state index contributed by atoms with van der Waals surface area (Å²) in [6.07, 6.45) is 1.82. The molecule has 0 aliphatic rings. The molecule has 16 heavy (non-hydrogen) atoms. The number of aromatic nitrogens is 1. The lowest BCUT2D eigenvalue weighted by Crippen LogP contribution is -2.30. The Kier molecular flexibility index (Phi) is 5.22. The van der Waals surface area contributed by atoms with E-state index < -0.39 is 0 Å². The van der Waals surface area contributed by atoms with Crippen LogP contribution in [0.15, 0.2) is 18.3 Å². The average Bonchev–Trinajstić information content (AvgIpc) is 2.31. The normalized spacial score (nSPS) is 14.5. The van der Waals surface area contributed by atoms with Crippen molar-refractivity contribution in [2.45, 2.75) is 26.0 Å². The Balaban J connectivity index is 2.93. The number of methoxy groups -OCH3 is 1. The Bertz CT molecular complexity index is 318. The molecular weight excluding hydrogens is 204 g/mol. The van der Waals surface area contributed by atoms with Gasteiger partial charge in [0, 0.05) is 12.8 Å². The lowest BCUT2D eigenvalue weighted by molar-refractivity contribution is 0.0475. The van der Waals surface area contributed by atoms with Gasteiger partial charge in [0.25, 0.3) is 0 Å². The molecule has 1 rings (SSSR count). The Hall–Kier alpha value is -1.13. The zero-order valence-electron chi connectivity index (χ0n) is 10.4. The molecule has 0 spiro atoms. The molecule has 0 fully saturated rings. The Morgan fingerprint density at radius 3 is 2.81 bits per heavy atom. The zero-order chi connectivity index (χ0) is 12.0. The molecule has 0 aliphatic heterocycles. The number of rotatable bonds is 6. The lowest BCUT2D eigenvalue weighted by atomic mass is 10.1. The van der Waals surface area contributed by atoms with Gasteiger partial charge < -0.3 is 14.8 Å². The summed E-state index contributed by atoms with van der Waals surface area (Å²) in [5, 5.41) is 3.21. The molecule has 1 heterocycles. The van der Waals surface area contributed by atoms with Crippen LogP contribution in [0.5, 0.6) is 5.75 Å². The van der Waals surface area contributed by atoms with Crippen LogP contribution >= 0.6 is 0 Å². The van der Waals surface area contributed by atoms with Gasteiger partial charge in [0.2, 0.25) is 0 Å². The van der Waals surface area contributed by atoms with Crippen LogP contribution in [0.3, 0.4) is 0 Å². The van der Waals surface area contributed by atoms with E-state index in [0.29, 0.717) is 6.61 Å². The van der Waals surface area contributed by atoms with Gasteiger partial charge in [-0.3, -0.25) is 4.98 Å². The van der Waals surface area contributed by atoms with Gasteiger partial charge in [-0.05, 0) is 33.0 Å². The predicted octanol–water partition coefficient (Wildman–Crippen LogP) is 1.78. The van der Waals surface area contributed by atoms with Crippen molar-refractivity contribution in [3.05, 3.63) is 24.0 Å². The largest absolute Gasteiger partial charge is 0.495 e. The fraction of sp³-hybridized carbons (Fsp3) is 0.583. The number of ether oxygens (including phenoxy) is 2. The van der Waals surface area contributed by atoms with Crippen LogP contribution in [0.2, 0.25) is 0 Å². The van der Waals surface area contributed by atoms with E-state index in [-0.39, 0.29) is 12.1 Å². The van der Waals surface area contributed by atoms with Crippen LogP contribution in [0.4, 0.5) is 0 Å². The first-order valence-corrected chi connectivity index (χ1v) is 5.52. The van der Waals surface area contributed by atoms with E-state index in [1.54, 1.807) is 13.3 Å². The van der Waals surface area contributed by atoms with Gasteiger partial charge in [0.1, 0.15) is 11.4 Å². The fourth-order valence-electron chi connectivity index (χ4n) is 1.76. The zero-order valence-corrected chi connectivity index (χ0v) is 10.4. The summed E-state index contributed by atoms with van der Waals surface area (Å²) in [6.45, 7) is 4.70. The molecule has 0 radical (unpaired) electrons. The molecule has 1 aromatic rings. The van der Waals surface area contributed by atoms with Crippen molar-refractivity contribution in [2.24, 2.45) is 0 Å². The molecule has 4 nitrogen and oxygen atoms in total. The molecule has 90 valence electrons. The van der Waals surface area contributed by atoms with Crippen molar-refractivity contribution >= 4 is 0 Å². The summed E-state index contributed by atoms with van der Waals surface area (Å²) in [4.78, 5) is 4.36. The first kappa shape index (κ1) is 12.9. The molecule has 0 amide bonds. The van der Waals surface area contributed by atoms with Crippen molar-refractivity contribution < 1.29 is 9.47 Å². The van der Waals surface area contributed by atoms with Gasteiger partial charge in [-0.2, -0.15) is 0 Å². The van der Waals surface area contributed by atoms with Crippen LogP contribution in [0.25, 0.3) is 0 Å². The number of nitrogens with zero attached hydrogens (tertiary/aromatic N) is 1. The molecule has 4 heteroatoms. The van der Waals surface area contributed by atoms with E-state index in [1.807, 2.05) is 33.0 Å². The van der Waals surface area contributed by atoms with Crippen LogP contribution in [-0.2, 0) is 4.74 Å². The second-order valence-electron chi connectivity index (χ2n) is 3.52. The fourth-order valence-corrected chi connectivity index (χ4v) is 1.76. The van der Waals surface area contributed by atoms with E-state index in [1.165, 1.54) is 0 Å². The van der Waals surface area contributed by atoms with E-state index in [0.717, 1.165) is 11.4 Å². The number of pyridine rings is 1. The summed E-state index contributed by atoms with van der Waals surface area (Å²) in [7, 11) is 3.55. The van der Waals surface area contributed by atoms with Gasteiger partial charge in [-0.1, -0.05) is 0 Å². The maximum absolute atomic E-state index is 5.59. The Morgan fingerprint density at radius 1 is 1.50 bits per heavy atom. The highest BCUT2D eigenvalue weighted by Gasteiger charge is 2.22. The van der Waals surface area contributed by atoms with E-state index >= 15 is 0 Å². The molecule has 2 unspecified atom stereocenters. The first-order valence-electron chi connectivity index (χ1n) is 5.52. The third-order valence-electron chi connectivity index (χ3n) is 2.52. The predicted molar refractivity (Wildman–Crippen MR) is 63.7 cm³/mol. The smallest absolute Gasteiger partial charge is 0.142 e. The van der Waals surface area contributed by atoms with E-state index in [4.69, 9.17) is 9.47 Å². The van der Waals surface area contributed by atoms with Crippen molar-refractivity contribution in [3.8, 4) is 5.75 Å². The van der Waals surface area contributed by atoms with Crippen LogP contribution in [-0.4, -0.2) is 31.9 Å². The standard InChI is InChI=1S/C12H20N2O2/c1-5-16-9(2)11(13-3)12-10(15-4)7-6-8-14-12/h6-9,11,13H,5H2,1-4H3. The number of likely N-dealkylation sites (N-methyl/N-ethyl adjacent to an activating group) is 1. The minimum absolute atomic E-state index is 0.0381. The summed E-state index contributed by atoms with van der Waals surface area (Å²) < 4.78 is 10.9. The molecule has 0 aliphatic carbocycles. The third kappa shape index (κ3) is 2.93. The minimum Gasteiger partial charge on any atom is -0.495 e. The highest BCUT2D eigenvalue weighted by atomic mass is 16.5. The van der Waals surface area contributed by atoms with Gasteiger partial charge in [-0.15, -0.1) is 0 Å². The summed E-state index contributed by atoms with van der Waals surface area (Å²) >= 11 is 0. The monoisotopic (exact) mass is 224 g/mol. The lowest BCUT2D eigenvalue weighted by Gasteiger charge is -2.24. The van der Waals surface area contributed by atoms with Crippen molar-refractivity contribution in [3.63, 3.8) is 0 Å². The molecular formula is C12H20N2O2. The van der Waals surface area contributed by atoms with E-state index in [9.17, 15) is 0 Å². The molecule has 1 N–H and O–H groups in total. The SMILES string of the molecule is CCOC(C)C(NC)c1ncccc1OC. The van der Waals surface area contributed by atoms with Crippen molar-refractivity contribution in [2.75, 3.05) is 20.8 Å². The molecule has 0 aromatic carbocycles. The van der Waals surface area contributed by atoms with E-state index in [2.05, 4.69) is 10.3 Å². The Morgan fingerprint density at radius 2 is 2.25 bits per heavy atom. The molecule has 0 saturated heterocycles. The maximum Gasteiger partial charge on any atom is 0.142 e. The van der Waals surface area contributed by atoms with Gasteiger partial charge in [0.15, 0.2) is 0 Å². The molecule has 0 saturated carbocycles. The molecule has 1 aromatic heterocycles. The number of hydrogen-bond donors (Lipinski definition) is 1. The number of nitrogens with one attached hydrogen (secondary N) is 1. The summed E-state index contributed by atoms with van der Waals surface area (Å²) in [5.41, 5.74) is 0.883. The van der Waals surface area contributed by atoms with Crippen molar-refractivity contribution in [1.82, 2.24) is 10.3 Å². The van der Waals surface area contributed by atoms with Crippen LogP contribution < -0.4 is 10.1 Å². The number of hydrogen-bond acceptors (Lipinski definition) is 4. The maximum atomic E-state index is 5.59. The topological polar surface area (TPSA) is 43.4 Å². The van der Waals surface area contributed by atoms with Gasteiger partial charge >= 0.3 is 0 Å². The van der Waals surface area contributed by atoms with Crippen LogP contribution in [0, 0.1) is 0 Å². The van der Waals surface area contributed by atoms with Crippen LogP contribution in [0.1, 0.15) is 25.6 Å².